The molecule has 3 heteroatoms. The van der Waals surface area contributed by atoms with Crippen molar-refractivity contribution in [1.29, 1.82) is 0 Å². The van der Waals surface area contributed by atoms with E-state index in [0.29, 0.717) is 5.92 Å². The molecule has 1 N–H and O–H groups in total. The molecule has 2 unspecified atom stereocenters. The molecule has 3 nitrogen and oxygen atoms in total. The first-order valence-corrected chi connectivity index (χ1v) is 5.93. The maximum Gasteiger partial charge on any atom is 0.0648 e. The number of rotatable bonds is 3. The minimum absolute atomic E-state index is 0.200. The zero-order valence-electron chi connectivity index (χ0n) is 10.6. The van der Waals surface area contributed by atoms with Crippen molar-refractivity contribution in [2.75, 3.05) is 6.54 Å². The number of hydrogen-bond acceptors (Lipinski definition) is 3. The molecule has 0 amide bonds. The van der Waals surface area contributed by atoms with Gasteiger partial charge >= 0.3 is 0 Å². The highest BCUT2D eigenvalue weighted by Crippen LogP contribution is 2.52. The van der Waals surface area contributed by atoms with Gasteiger partial charge in [0, 0.05) is 29.5 Å². The van der Waals surface area contributed by atoms with Crippen LogP contribution in [0.5, 0.6) is 0 Å². The lowest BCUT2D eigenvalue weighted by Crippen LogP contribution is -2.38. The van der Waals surface area contributed by atoms with Gasteiger partial charge in [-0.15, -0.1) is 0 Å². The van der Waals surface area contributed by atoms with E-state index in [0.717, 1.165) is 12.2 Å². The molecule has 1 aliphatic carbocycles. The van der Waals surface area contributed by atoms with Crippen molar-refractivity contribution >= 4 is 0 Å². The van der Waals surface area contributed by atoms with E-state index in [-0.39, 0.29) is 11.0 Å². The van der Waals surface area contributed by atoms with Crippen molar-refractivity contribution in [3.05, 3.63) is 24.3 Å². The Morgan fingerprint density at radius 3 is 2.75 bits per heavy atom. The molecule has 16 heavy (non-hydrogen) atoms. The van der Waals surface area contributed by atoms with Crippen LogP contribution >= 0.6 is 0 Å². The summed E-state index contributed by atoms with van der Waals surface area (Å²) in [4.78, 5) is 8.57. The summed E-state index contributed by atoms with van der Waals surface area (Å²) in [5.74, 6) is 0.698. The van der Waals surface area contributed by atoms with E-state index in [1.165, 1.54) is 6.42 Å². The van der Waals surface area contributed by atoms with Crippen LogP contribution in [0.1, 0.15) is 39.8 Å². The Hall–Kier alpha value is -0.960. The molecular formula is C13H21N3. The molecule has 1 saturated carbocycles. The highest BCUT2D eigenvalue weighted by molar-refractivity contribution is 5.24. The summed E-state index contributed by atoms with van der Waals surface area (Å²) in [6.07, 6.45) is 6.64. The second kappa shape index (κ2) is 3.81. The molecule has 0 bridgehead atoms. The van der Waals surface area contributed by atoms with E-state index < -0.39 is 0 Å². The van der Waals surface area contributed by atoms with Crippen molar-refractivity contribution in [3.8, 4) is 0 Å². The van der Waals surface area contributed by atoms with Gasteiger partial charge in [-0.2, -0.15) is 0 Å². The summed E-state index contributed by atoms with van der Waals surface area (Å²) in [5.41, 5.74) is 1.58. The molecule has 0 aromatic carbocycles. The predicted octanol–water partition coefficient (Wildman–Crippen LogP) is 2.14. The largest absolute Gasteiger partial charge is 0.312 e. The molecule has 1 aliphatic rings. The first-order valence-electron chi connectivity index (χ1n) is 5.93. The van der Waals surface area contributed by atoms with Crippen molar-refractivity contribution in [3.63, 3.8) is 0 Å². The fraction of sp³-hybridized carbons (Fsp3) is 0.692. The Morgan fingerprint density at radius 2 is 2.19 bits per heavy atom. The van der Waals surface area contributed by atoms with Crippen LogP contribution in [0.2, 0.25) is 0 Å². The van der Waals surface area contributed by atoms with E-state index in [4.69, 9.17) is 0 Å². The Bertz CT molecular complexity index is 355. The average Bonchev–Trinajstić information content (AvgIpc) is 2.89. The van der Waals surface area contributed by atoms with Crippen molar-refractivity contribution in [2.24, 2.45) is 5.92 Å². The third kappa shape index (κ3) is 2.40. The van der Waals surface area contributed by atoms with E-state index >= 15 is 0 Å². The number of nitrogens with zero attached hydrogens (tertiary/aromatic N) is 2. The third-order valence-electron chi connectivity index (χ3n) is 3.44. The van der Waals surface area contributed by atoms with Gasteiger partial charge in [-0.25, -0.2) is 0 Å². The average molecular weight is 219 g/mol. The Labute approximate surface area is 97.7 Å². The summed E-state index contributed by atoms with van der Waals surface area (Å²) in [6, 6.07) is 0. The van der Waals surface area contributed by atoms with Gasteiger partial charge in [0.1, 0.15) is 0 Å². The van der Waals surface area contributed by atoms with Crippen molar-refractivity contribution in [1.82, 2.24) is 15.3 Å². The Morgan fingerprint density at radius 1 is 1.44 bits per heavy atom. The number of nitrogens with one attached hydrogen (secondary N) is 1. The minimum Gasteiger partial charge on any atom is -0.312 e. The molecule has 1 fully saturated rings. The second-order valence-corrected chi connectivity index (χ2v) is 6.04. The highest BCUT2D eigenvalue weighted by atomic mass is 15.0. The molecule has 0 aliphatic heterocycles. The topological polar surface area (TPSA) is 37.8 Å². The SMILES string of the molecule is CC(C)(C)NCC1CC1(C)c1cnccn1. The normalized spacial score (nSPS) is 29.1. The van der Waals surface area contributed by atoms with Gasteiger partial charge in [-0.3, -0.25) is 9.97 Å². The van der Waals surface area contributed by atoms with Gasteiger partial charge in [-0.05, 0) is 39.7 Å². The molecular weight excluding hydrogens is 198 g/mol. The first kappa shape index (κ1) is 11.5. The van der Waals surface area contributed by atoms with Gasteiger partial charge in [0.15, 0.2) is 0 Å². The zero-order valence-corrected chi connectivity index (χ0v) is 10.6. The van der Waals surface area contributed by atoms with Crippen LogP contribution in [0.15, 0.2) is 18.6 Å². The van der Waals surface area contributed by atoms with Gasteiger partial charge in [0.05, 0.1) is 5.69 Å². The Kier molecular flexibility index (Phi) is 2.74. The Balaban J connectivity index is 1.95. The standard InChI is InChI=1S/C13H21N3/c1-12(2,3)16-8-10-7-13(10,4)11-9-14-5-6-15-11/h5-6,9-10,16H,7-8H2,1-4H3. The van der Waals surface area contributed by atoms with E-state index in [1.54, 1.807) is 12.4 Å². The fourth-order valence-electron chi connectivity index (χ4n) is 2.09. The van der Waals surface area contributed by atoms with E-state index in [1.807, 2.05) is 6.20 Å². The predicted molar refractivity (Wildman–Crippen MR) is 65.2 cm³/mol. The van der Waals surface area contributed by atoms with Crippen LogP contribution in [0.3, 0.4) is 0 Å². The van der Waals surface area contributed by atoms with Crippen molar-refractivity contribution < 1.29 is 0 Å². The molecule has 2 rings (SSSR count). The van der Waals surface area contributed by atoms with Gasteiger partial charge < -0.3 is 5.32 Å². The highest BCUT2D eigenvalue weighted by Gasteiger charge is 2.52. The minimum atomic E-state index is 0.200. The smallest absolute Gasteiger partial charge is 0.0648 e. The molecule has 1 aromatic rings. The quantitative estimate of drug-likeness (QED) is 0.846. The van der Waals surface area contributed by atoms with Gasteiger partial charge in [0.25, 0.3) is 0 Å². The molecule has 1 aromatic heterocycles. The lowest BCUT2D eigenvalue weighted by molar-refractivity contribution is 0.405. The molecule has 0 saturated heterocycles. The lowest BCUT2D eigenvalue weighted by atomic mass is 10.0. The van der Waals surface area contributed by atoms with Gasteiger partial charge in [0.2, 0.25) is 0 Å². The van der Waals surface area contributed by atoms with Crippen molar-refractivity contribution in [2.45, 2.75) is 45.1 Å². The van der Waals surface area contributed by atoms with Crippen LogP contribution in [0.4, 0.5) is 0 Å². The molecule has 88 valence electrons. The molecule has 1 heterocycles. The zero-order chi connectivity index (χ0) is 11.8. The maximum absolute atomic E-state index is 4.42. The molecule has 2 atom stereocenters. The maximum atomic E-state index is 4.42. The van der Waals surface area contributed by atoms with E-state index in [9.17, 15) is 0 Å². The van der Waals surface area contributed by atoms with Crippen LogP contribution in [-0.2, 0) is 5.41 Å². The fourth-order valence-corrected chi connectivity index (χ4v) is 2.09. The van der Waals surface area contributed by atoms with E-state index in [2.05, 4.69) is 43.0 Å². The second-order valence-electron chi connectivity index (χ2n) is 6.04. The number of hydrogen-bond donors (Lipinski definition) is 1. The van der Waals surface area contributed by atoms with Crippen LogP contribution in [0.25, 0.3) is 0 Å². The summed E-state index contributed by atoms with van der Waals surface area (Å²) in [7, 11) is 0. The molecule has 0 radical (unpaired) electrons. The third-order valence-corrected chi connectivity index (χ3v) is 3.44. The summed E-state index contributed by atoms with van der Waals surface area (Å²) >= 11 is 0. The monoisotopic (exact) mass is 219 g/mol. The van der Waals surface area contributed by atoms with Crippen LogP contribution in [-0.4, -0.2) is 22.1 Å². The lowest BCUT2D eigenvalue weighted by Gasteiger charge is -2.21. The molecule has 0 spiro atoms. The van der Waals surface area contributed by atoms with Gasteiger partial charge in [-0.1, -0.05) is 6.92 Å². The summed E-state index contributed by atoms with van der Waals surface area (Å²) < 4.78 is 0. The first-order chi connectivity index (χ1) is 7.42. The van der Waals surface area contributed by atoms with Crippen LogP contribution < -0.4 is 5.32 Å². The number of aromatic nitrogens is 2. The summed E-state index contributed by atoms with van der Waals surface area (Å²) in [6.45, 7) is 9.96. The summed E-state index contributed by atoms with van der Waals surface area (Å²) in [5, 5.41) is 3.56. The van der Waals surface area contributed by atoms with Crippen LogP contribution in [0, 0.1) is 5.92 Å².